The third-order valence-corrected chi connectivity index (χ3v) is 4.85. The summed E-state index contributed by atoms with van der Waals surface area (Å²) >= 11 is 0. The summed E-state index contributed by atoms with van der Waals surface area (Å²) in [6, 6.07) is 16.2. The molecular formula is C23H22FN5O. The summed E-state index contributed by atoms with van der Waals surface area (Å²) in [5.74, 6) is 0.414. The fourth-order valence-electron chi connectivity index (χ4n) is 3.34. The first-order valence-electron chi connectivity index (χ1n) is 9.71. The fraction of sp³-hybridized carbons (Fsp3) is 0.174. The second-order valence-electron chi connectivity index (χ2n) is 7.04. The lowest BCUT2D eigenvalue weighted by atomic mass is 10.1. The van der Waals surface area contributed by atoms with Crippen LogP contribution in [0.4, 0.5) is 10.2 Å². The van der Waals surface area contributed by atoms with E-state index in [2.05, 4.69) is 15.3 Å². The fourth-order valence-corrected chi connectivity index (χ4v) is 3.34. The minimum atomic E-state index is -0.327. The van der Waals surface area contributed by atoms with Crippen molar-refractivity contribution in [3.05, 3.63) is 84.6 Å². The van der Waals surface area contributed by atoms with Crippen LogP contribution in [0, 0.1) is 5.82 Å². The predicted molar refractivity (Wildman–Crippen MR) is 114 cm³/mol. The van der Waals surface area contributed by atoms with E-state index in [0.717, 1.165) is 5.56 Å². The molecule has 1 amide bonds. The summed E-state index contributed by atoms with van der Waals surface area (Å²) in [5, 5.41) is 3.31. The second-order valence-corrected chi connectivity index (χ2v) is 7.04. The molecule has 4 aromatic rings. The molecule has 0 unspecified atom stereocenters. The maximum atomic E-state index is 13.7. The van der Waals surface area contributed by atoms with Crippen molar-refractivity contribution < 1.29 is 9.18 Å². The van der Waals surface area contributed by atoms with Gasteiger partial charge in [0, 0.05) is 44.5 Å². The number of amides is 1. The zero-order valence-electron chi connectivity index (χ0n) is 16.6. The lowest BCUT2D eigenvalue weighted by Gasteiger charge is -2.17. The quantitative estimate of drug-likeness (QED) is 0.507. The number of rotatable bonds is 7. The van der Waals surface area contributed by atoms with Crippen molar-refractivity contribution in [2.45, 2.75) is 13.0 Å². The summed E-state index contributed by atoms with van der Waals surface area (Å²) in [7, 11) is 1.80. The molecule has 1 N–H and O–H groups in total. The summed E-state index contributed by atoms with van der Waals surface area (Å²) in [6.07, 6.45) is 5.42. The lowest BCUT2D eigenvalue weighted by Crippen LogP contribution is -2.27. The number of benzene rings is 2. The lowest BCUT2D eigenvalue weighted by molar-refractivity contribution is -0.130. The molecule has 0 atom stereocenters. The molecule has 0 aliphatic rings. The Bertz CT molecular complexity index is 1160. The first-order chi connectivity index (χ1) is 14.6. The highest BCUT2D eigenvalue weighted by Crippen LogP contribution is 2.28. The summed E-state index contributed by atoms with van der Waals surface area (Å²) in [5.41, 5.74) is 3.01. The Hall–Kier alpha value is -3.74. The molecule has 0 spiro atoms. The predicted octanol–water partition coefficient (Wildman–Crippen LogP) is 4.00. The van der Waals surface area contributed by atoms with Crippen molar-refractivity contribution in [1.82, 2.24) is 19.3 Å². The molecule has 6 nitrogen and oxygen atoms in total. The van der Waals surface area contributed by atoms with Gasteiger partial charge in [0.2, 0.25) is 5.91 Å². The number of hydrogen-bond donors (Lipinski definition) is 1. The van der Waals surface area contributed by atoms with Crippen molar-refractivity contribution in [3.63, 3.8) is 0 Å². The Morgan fingerprint density at radius 1 is 1.17 bits per heavy atom. The molecule has 0 saturated heterocycles. The average Bonchev–Trinajstić information content (AvgIpc) is 3.13. The molecule has 152 valence electrons. The molecule has 4 rings (SSSR count). The molecule has 2 heterocycles. The molecular weight excluding hydrogens is 381 g/mol. The highest BCUT2D eigenvalue weighted by Gasteiger charge is 2.15. The number of carbonyl (C=O) groups excluding carboxylic acids is 1. The Balaban J connectivity index is 1.48. The topological polar surface area (TPSA) is 62.5 Å². The number of aromatic nitrogens is 3. The molecule has 0 aliphatic carbocycles. The first kappa shape index (κ1) is 19.6. The number of carbonyl (C=O) groups is 1. The summed E-state index contributed by atoms with van der Waals surface area (Å²) < 4.78 is 15.6. The molecule has 0 saturated carbocycles. The third-order valence-electron chi connectivity index (χ3n) is 4.85. The van der Waals surface area contributed by atoms with Gasteiger partial charge in [-0.3, -0.25) is 14.2 Å². The van der Waals surface area contributed by atoms with Crippen LogP contribution in [-0.4, -0.2) is 38.8 Å². The number of hydrogen-bond acceptors (Lipinski definition) is 4. The van der Waals surface area contributed by atoms with E-state index in [1.807, 2.05) is 40.8 Å². The van der Waals surface area contributed by atoms with Crippen LogP contribution in [0.1, 0.15) is 12.0 Å². The van der Waals surface area contributed by atoms with Crippen LogP contribution >= 0.6 is 0 Å². The van der Waals surface area contributed by atoms with E-state index in [1.54, 1.807) is 36.6 Å². The van der Waals surface area contributed by atoms with E-state index >= 15 is 0 Å². The molecule has 0 bridgehead atoms. The highest BCUT2D eigenvalue weighted by molar-refractivity contribution is 5.78. The molecule has 0 radical (unpaired) electrons. The standard InChI is InChI=1S/C23H22FN5O/c1-28(16-17-6-3-2-4-7-17)21(30)10-11-26-23-22(18-8-5-9-19(24)14-18)27-20-15-25-12-13-29(20)23/h2-9,12-15,26H,10-11,16H2,1H3. The van der Waals surface area contributed by atoms with E-state index in [0.29, 0.717) is 42.2 Å². The molecule has 0 fully saturated rings. The van der Waals surface area contributed by atoms with Gasteiger partial charge in [-0.05, 0) is 17.7 Å². The van der Waals surface area contributed by atoms with Gasteiger partial charge in [-0.1, -0.05) is 42.5 Å². The number of halogens is 1. The molecule has 30 heavy (non-hydrogen) atoms. The third kappa shape index (κ3) is 4.30. The van der Waals surface area contributed by atoms with Crippen molar-refractivity contribution in [2.75, 3.05) is 18.9 Å². The van der Waals surface area contributed by atoms with E-state index < -0.39 is 0 Å². The Morgan fingerprint density at radius 2 is 2.00 bits per heavy atom. The minimum absolute atomic E-state index is 0.0362. The minimum Gasteiger partial charge on any atom is -0.369 e. The number of anilines is 1. The van der Waals surface area contributed by atoms with Gasteiger partial charge in [-0.15, -0.1) is 0 Å². The van der Waals surface area contributed by atoms with Crippen molar-refractivity contribution in [2.24, 2.45) is 0 Å². The van der Waals surface area contributed by atoms with Gasteiger partial charge in [-0.25, -0.2) is 9.37 Å². The highest BCUT2D eigenvalue weighted by atomic mass is 19.1. The molecule has 0 aliphatic heterocycles. The van der Waals surface area contributed by atoms with Crippen LogP contribution in [0.3, 0.4) is 0 Å². The van der Waals surface area contributed by atoms with Gasteiger partial charge in [0.1, 0.15) is 17.3 Å². The van der Waals surface area contributed by atoms with E-state index in [-0.39, 0.29) is 11.7 Å². The van der Waals surface area contributed by atoms with Gasteiger partial charge in [0.15, 0.2) is 5.65 Å². The monoisotopic (exact) mass is 403 g/mol. The van der Waals surface area contributed by atoms with Crippen LogP contribution in [0.25, 0.3) is 16.9 Å². The van der Waals surface area contributed by atoms with Gasteiger partial charge >= 0.3 is 0 Å². The zero-order chi connectivity index (χ0) is 20.9. The largest absolute Gasteiger partial charge is 0.369 e. The second kappa shape index (κ2) is 8.73. The Morgan fingerprint density at radius 3 is 2.80 bits per heavy atom. The van der Waals surface area contributed by atoms with Crippen LogP contribution in [0.2, 0.25) is 0 Å². The van der Waals surface area contributed by atoms with Gasteiger partial charge in [-0.2, -0.15) is 0 Å². The zero-order valence-corrected chi connectivity index (χ0v) is 16.6. The summed E-state index contributed by atoms with van der Waals surface area (Å²) in [6.45, 7) is 0.992. The number of nitrogens with one attached hydrogen (secondary N) is 1. The molecule has 2 aromatic carbocycles. The van der Waals surface area contributed by atoms with E-state index in [4.69, 9.17) is 0 Å². The van der Waals surface area contributed by atoms with Crippen molar-refractivity contribution >= 4 is 17.4 Å². The van der Waals surface area contributed by atoms with Crippen LogP contribution < -0.4 is 5.32 Å². The molecule has 2 aromatic heterocycles. The summed E-state index contributed by atoms with van der Waals surface area (Å²) in [4.78, 5) is 22.9. The van der Waals surface area contributed by atoms with Crippen molar-refractivity contribution in [3.8, 4) is 11.3 Å². The number of nitrogens with zero attached hydrogens (tertiary/aromatic N) is 4. The number of imidazole rings is 1. The van der Waals surface area contributed by atoms with Crippen LogP contribution in [0.15, 0.2) is 73.2 Å². The van der Waals surface area contributed by atoms with Gasteiger partial charge in [0.25, 0.3) is 0 Å². The van der Waals surface area contributed by atoms with Crippen LogP contribution in [-0.2, 0) is 11.3 Å². The normalized spacial score (nSPS) is 10.9. The smallest absolute Gasteiger partial charge is 0.224 e. The van der Waals surface area contributed by atoms with E-state index in [9.17, 15) is 9.18 Å². The first-order valence-corrected chi connectivity index (χ1v) is 9.71. The maximum Gasteiger partial charge on any atom is 0.224 e. The Kier molecular flexibility index (Phi) is 5.70. The maximum absolute atomic E-state index is 13.7. The van der Waals surface area contributed by atoms with E-state index in [1.165, 1.54) is 12.1 Å². The van der Waals surface area contributed by atoms with Crippen LogP contribution in [0.5, 0.6) is 0 Å². The van der Waals surface area contributed by atoms with Gasteiger partial charge < -0.3 is 10.2 Å². The average molecular weight is 403 g/mol. The number of fused-ring (bicyclic) bond motifs is 1. The molecule has 7 heteroatoms. The van der Waals surface area contributed by atoms with Gasteiger partial charge in [0.05, 0.1) is 6.20 Å². The Labute approximate surface area is 174 Å². The SMILES string of the molecule is CN(Cc1ccccc1)C(=O)CCNc1c(-c2cccc(F)c2)nc2cnccn12. The van der Waals surface area contributed by atoms with Crippen molar-refractivity contribution in [1.29, 1.82) is 0 Å².